The molecule has 76 valence electrons. The Labute approximate surface area is 88.2 Å². The summed E-state index contributed by atoms with van der Waals surface area (Å²) in [7, 11) is 0. The van der Waals surface area contributed by atoms with Crippen LogP contribution in [0.3, 0.4) is 0 Å². The molecule has 0 unspecified atom stereocenters. The maximum Gasteiger partial charge on any atom is 0.358 e. The van der Waals surface area contributed by atoms with Crippen LogP contribution < -0.4 is 0 Å². The summed E-state index contributed by atoms with van der Waals surface area (Å²) in [6.07, 6.45) is 0.402. The fraction of sp³-hybridized carbons (Fsp3) is 0.375. The lowest BCUT2D eigenvalue weighted by molar-refractivity contribution is 0.0684. The zero-order valence-electron chi connectivity index (χ0n) is 7.41. The fourth-order valence-corrected chi connectivity index (χ4v) is 1.34. The van der Waals surface area contributed by atoms with E-state index in [0.717, 1.165) is 0 Å². The van der Waals surface area contributed by atoms with Gasteiger partial charge >= 0.3 is 5.97 Å². The van der Waals surface area contributed by atoms with Gasteiger partial charge in [-0.3, -0.25) is 4.79 Å². The molecule has 0 fully saturated rings. The van der Waals surface area contributed by atoms with Crippen LogP contribution in [0, 0.1) is 0 Å². The van der Waals surface area contributed by atoms with E-state index in [4.69, 9.17) is 9.63 Å². The van der Waals surface area contributed by atoms with Gasteiger partial charge in [-0.25, -0.2) is 4.79 Å². The van der Waals surface area contributed by atoms with Gasteiger partial charge in [0.2, 0.25) is 11.5 Å². The number of carboxylic acids is 1. The second-order valence-electron chi connectivity index (χ2n) is 2.55. The van der Waals surface area contributed by atoms with Crippen LogP contribution in [0.15, 0.2) is 4.52 Å². The first kappa shape index (κ1) is 10.9. The minimum Gasteiger partial charge on any atom is -0.476 e. The molecule has 5 nitrogen and oxygen atoms in total. The smallest absolute Gasteiger partial charge is 0.358 e. The van der Waals surface area contributed by atoms with E-state index in [-0.39, 0.29) is 22.6 Å². The van der Waals surface area contributed by atoms with Crippen LogP contribution >= 0.6 is 15.9 Å². The summed E-state index contributed by atoms with van der Waals surface area (Å²) in [6.45, 7) is 1.74. The number of hydrogen-bond donors (Lipinski definition) is 1. The van der Waals surface area contributed by atoms with Crippen molar-refractivity contribution in [3.8, 4) is 0 Å². The highest BCUT2D eigenvalue weighted by molar-refractivity contribution is 9.09. The molecule has 0 saturated heterocycles. The van der Waals surface area contributed by atoms with E-state index < -0.39 is 5.97 Å². The summed E-state index contributed by atoms with van der Waals surface area (Å²) in [4.78, 5) is 21.9. The molecule has 0 aromatic carbocycles. The van der Waals surface area contributed by atoms with Crippen LogP contribution in [-0.4, -0.2) is 27.3 Å². The SMILES string of the molecule is CCc1c(C(=O)O)noc1C(=O)CBr. The number of aromatic carboxylic acids is 1. The Kier molecular flexibility index (Phi) is 3.40. The average Bonchev–Trinajstić information content (AvgIpc) is 2.59. The minimum absolute atomic E-state index is 0.0294. The third-order valence-electron chi connectivity index (χ3n) is 1.72. The van der Waals surface area contributed by atoms with E-state index >= 15 is 0 Å². The highest BCUT2D eigenvalue weighted by atomic mass is 79.9. The summed E-state index contributed by atoms with van der Waals surface area (Å²) in [5, 5.41) is 12.1. The molecule has 0 saturated carbocycles. The molecule has 0 aliphatic heterocycles. The van der Waals surface area contributed by atoms with Crippen LogP contribution in [0.4, 0.5) is 0 Å². The Hall–Kier alpha value is -1.17. The lowest BCUT2D eigenvalue weighted by Gasteiger charge is -1.94. The maximum absolute atomic E-state index is 11.3. The molecule has 1 N–H and O–H groups in total. The maximum atomic E-state index is 11.3. The van der Waals surface area contributed by atoms with Crippen molar-refractivity contribution in [1.82, 2.24) is 5.16 Å². The number of carbonyl (C=O) groups is 2. The van der Waals surface area contributed by atoms with Gasteiger partial charge in [-0.2, -0.15) is 0 Å². The zero-order chi connectivity index (χ0) is 10.7. The number of ketones is 1. The van der Waals surface area contributed by atoms with E-state index in [9.17, 15) is 9.59 Å². The monoisotopic (exact) mass is 261 g/mol. The van der Waals surface area contributed by atoms with Gasteiger partial charge in [0.25, 0.3) is 0 Å². The lowest BCUT2D eigenvalue weighted by atomic mass is 10.1. The first-order valence-corrected chi connectivity index (χ1v) is 5.05. The van der Waals surface area contributed by atoms with Gasteiger partial charge in [0.15, 0.2) is 5.69 Å². The topological polar surface area (TPSA) is 80.4 Å². The largest absolute Gasteiger partial charge is 0.476 e. The van der Waals surface area contributed by atoms with Gasteiger partial charge in [0, 0.05) is 5.56 Å². The number of carboxylic acid groups (broad SMARTS) is 1. The van der Waals surface area contributed by atoms with Crippen LogP contribution in [0.2, 0.25) is 0 Å². The number of rotatable bonds is 4. The van der Waals surface area contributed by atoms with Crippen molar-refractivity contribution in [3.63, 3.8) is 0 Å². The quantitative estimate of drug-likeness (QED) is 0.657. The van der Waals surface area contributed by atoms with Crippen LogP contribution in [0.25, 0.3) is 0 Å². The molecule has 0 aliphatic carbocycles. The van der Waals surface area contributed by atoms with E-state index in [0.29, 0.717) is 12.0 Å². The molecule has 1 rings (SSSR count). The molecule has 1 aromatic rings. The van der Waals surface area contributed by atoms with Crippen molar-refractivity contribution in [2.24, 2.45) is 0 Å². The van der Waals surface area contributed by atoms with Gasteiger partial charge in [-0.05, 0) is 6.42 Å². The van der Waals surface area contributed by atoms with Crippen molar-refractivity contribution < 1.29 is 19.2 Å². The first-order valence-electron chi connectivity index (χ1n) is 3.92. The zero-order valence-corrected chi connectivity index (χ0v) is 9.00. The van der Waals surface area contributed by atoms with Crippen LogP contribution in [0.1, 0.15) is 33.5 Å². The molecule has 0 radical (unpaired) electrons. The number of halogens is 1. The van der Waals surface area contributed by atoms with Gasteiger partial charge in [-0.1, -0.05) is 28.0 Å². The van der Waals surface area contributed by atoms with Crippen molar-refractivity contribution in [1.29, 1.82) is 0 Å². The molecule has 0 atom stereocenters. The number of Topliss-reactive ketones (excluding diaryl/α,β-unsaturated/α-hetero) is 1. The lowest BCUT2D eigenvalue weighted by Crippen LogP contribution is -2.05. The van der Waals surface area contributed by atoms with E-state index in [2.05, 4.69) is 21.1 Å². The van der Waals surface area contributed by atoms with Crippen molar-refractivity contribution in [2.75, 3.05) is 5.33 Å². The van der Waals surface area contributed by atoms with Gasteiger partial charge in [-0.15, -0.1) is 0 Å². The molecule has 0 aliphatic rings. The van der Waals surface area contributed by atoms with Crippen molar-refractivity contribution in [2.45, 2.75) is 13.3 Å². The molecule has 1 heterocycles. The molecule has 6 heteroatoms. The highest BCUT2D eigenvalue weighted by Gasteiger charge is 2.23. The van der Waals surface area contributed by atoms with Crippen molar-refractivity contribution >= 4 is 27.7 Å². The third kappa shape index (κ3) is 1.84. The molecular weight excluding hydrogens is 254 g/mol. The Balaban J connectivity index is 3.20. The first-order chi connectivity index (χ1) is 6.61. The summed E-state index contributed by atoms with van der Waals surface area (Å²) in [6, 6.07) is 0. The predicted molar refractivity (Wildman–Crippen MR) is 51.0 cm³/mol. The van der Waals surface area contributed by atoms with E-state index in [1.54, 1.807) is 6.92 Å². The third-order valence-corrected chi connectivity index (χ3v) is 2.23. The summed E-state index contributed by atoms with van der Waals surface area (Å²) in [5.74, 6) is -1.46. The van der Waals surface area contributed by atoms with Gasteiger partial charge in [0.1, 0.15) is 0 Å². The molecular formula is C8H8BrNO4. The normalized spacial score (nSPS) is 10.1. The average molecular weight is 262 g/mol. The second kappa shape index (κ2) is 4.36. The highest BCUT2D eigenvalue weighted by Crippen LogP contribution is 2.16. The number of hydrogen-bond acceptors (Lipinski definition) is 4. The number of nitrogens with zero attached hydrogens (tertiary/aromatic N) is 1. The summed E-state index contributed by atoms with van der Waals surface area (Å²) < 4.78 is 4.69. The molecule has 1 aromatic heterocycles. The van der Waals surface area contributed by atoms with E-state index in [1.807, 2.05) is 0 Å². The number of alkyl halides is 1. The van der Waals surface area contributed by atoms with Gasteiger partial charge < -0.3 is 9.63 Å². The summed E-state index contributed by atoms with van der Waals surface area (Å²) in [5.41, 5.74) is 0.166. The van der Waals surface area contributed by atoms with Crippen LogP contribution in [-0.2, 0) is 6.42 Å². The molecule has 0 amide bonds. The standard InChI is InChI=1S/C8H8BrNO4/c1-2-4-6(8(12)13)10-14-7(4)5(11)3-9/h2-3H2,1H3,(H,12,13). The number of carbonyl (C=O) groups excluding carboxylic acids is 1. The van der Waals surface area contributed by atoms with Crippen LogP contribution in [0.5, 0.6) is 0 Å². The predicted octanol–water partition coefficient (Wildman–Crippen LogP) is 1.51. The Bertz CT molecular complexity index is 371. The Morgan fingerprint density at radius 2 is 2.21 bits per heavy atom. The Morgan fingerprint density at radius 3 is 2.64 bits per heavy atom. The van der Waals surface area contributed by atoms with Crippen molar-refractivity contribution in [3.05, 3.63) is 17.0 Å². The Morgan fingerprint density at radius 1 is 1.57 bits per heavy atom. The molecule has 14 heavy (non-hydrogen) atoms. The fourth-order valence-electron chi connectivity index (χ4n) is 1.09. The molecule has 0 bridgehead atoms. The van der Waals surface area contributed by atoms with E-state index in [1.165, 1.54) is 0 Å². The van der Waals surface area contributed by atoms with Gasteiger partial charge in [0.05, 0.1) is 5.33 Å². The number of aromatic nitrogens is 1. The molecule has 0 spiro atoms. The second-order valence-corrected chi connectivity index (χ2v) is 3.12. The summed E-state index contributed by atoms with van der Waals surface area (Å²) >= 11 is 2.98. The minimum atomic E-state index is -1.18.